The molecule has 0 fully saturated rings. The van der Waals surface area contributed by atoms with E-state index >= 15 is 0 Å². The maximum absolute atomic E-state index is 13.7. The van der Waals surface area contributed by atoms with Crippen molar-refractivity contribution in [2.75, 3.05) is 13.9 Å². The third kappa shape index (κ3) is 4.56. The van der Waals surface area contributed by atoms with Gasteiger partial charge in [0.1, 0.15) is 5.82 Å². The number of amidine groups is 1. The number of nitrogens with zero attached hydrogens (tertiary/aromatic N) is 2. The standard InChI is InChI=1S/C26H24FN3O5S/c1-3-19-23(25(32)33-2)24(16-5-7-17(27)8-6-16)30-18(13-36-26(30)29-19)11-22(31)28-12-15-4-9-20-21(10-15)35-14-34-20/h4-10,13,24H,3,11-12,14H2,1-2H3,(H,28,31)/t24-/m1/s1. The molecule has 2 aromatic rings. The minimum Gasteiger partial charge on any atom is -0.466 e. The first-order chi connectivity index (χ1) is 17.5. The maximum Gasteiger partial charge on any atom is 0.338 e. The van der Waals surface area contributed by atoms with Crippen LogP contribution in [0.2, 0.25) is 0 Å². The smallest absolute Gasteiger partial charge is 0.338 e. The summed E-state index contributed by atoms with van der Waals surface area (Å²) in [6.45, 7) is 2.43. The van der Waals surface area contributed by atoms with Gasteiger partial charge in [0, 0.05) is 12.2 Å². The number of hydrogen-bond acceptors (Lipinski definition) is 8. The van der Waals surface area contributed by atoms with Gasteiger partial charge in [0.2, 0.25) is 12.7 Å². The summed E-state index contributed by atoms with van der Waals surface area (Å²) in [5.41, 5.74) is 3.26. The van der Waals surface area contributed by atoms with E-state index in [1.165, 1.54) is 31.0 Å². The molecular weight excluding hydrogens is 485 g/mol. The second-order valence-electron chi connectivity index (χ2n) is 8.29. The molecule has 1 amide bonds. The van der Waals surface area contributed by atoms with Crippen molar-refractivity contribution in [3.63, 3.8) is 0 Å². The molecule has 0 radical (unpaired) electrons. The first-order valence-electron chi connectivity index (χ1n) is 11.4. The van der Waals surface area contributed by atoms with E-state index in [2.05, 4.69) is 5.32 Å². The second kappa shape index (κ2) is 10.1. The van der Waals surface area contributed by atoms with Crippen LogP contribution < -0.4 is 14.8 Å². The van der Waals surface area contributed by atoms with Crippen LogP contribution in [0.1, 0.15) is 36.9 Å². The van der Waals surface area contributed by atoms with Gasteiger partial charge in [0.05, 0.1) is 30.8 Å². The van der Waals surface area contributed by atoms with Gasteiger partial charge in [-0.05, 0) is 47.2 Å². The van der Waals surface area contributed by atoms with E-state index in [1.54, 1.807) is 12.1 Å². The summed E-state index contributed by atoms with van der Waals surface area (Å²) in [7, 11) is 1.32. The van der Waals surface area contributed by atoms with E-state index in [4.69, 9.17) is 19.2 Å². The Morgan fingerprint density at radius 2 is 1.97 bits per heavy atom. The molecule has 0 aliphatic carbocycles. The normalized spacial score (nSPS) is 18.0. The van der Waals surface area contributed by atoms with Gasteiger partial charge in [0.25, 0.3) is 0 Å². The number of benzene rings is 2. The molecule has 5 rings (SSSR count). The molecular formula is C26H24FN3O5S. The van der Waals surface area contributed by atoms with Crippen LogP contribution in [0.5, 0.6) is 11.5 Å². The molecule has 0 saturated carbocycles. The zero-order valence-corrected chi connectivity index (χ0v) is 20.6. The Labute approximate surface area is 211 Å². The number of fused-ring (bicyclic) bond motifs is 2. The number of amides is 1. The SMILES string of the molecule is CCC1=C(C(=O)OC)[C@@H](c2ccc(F)cc2)N2C(CC(=O)NCc3ccc4c(c3)OCO4)=CSC2=N1. The van der Waals surface area contributed by atoms with Gasteiger partial charge in [0.15, 0.2) is 16.7 Å². The van der Waals surface area contributed by atoms with Gasteiger partial charge >= 0.3 is 5.97 Å². The minimum absolute atomic E-state index is 0.0736. The number of thioether (sulfide) groups is 1. The number of esters is 1. The second-order valence-corrected chi connectivity index (χ2v) is 9.13. The van der Waals surface area contributed by atoms with Crippen LogP contribution in [-0.4, -0.2) is 35.8 Å². The average molecular weight is 510 g/mol. The van der Waals surface area contributed by atoms with Crippen LogP contribution >= 0.6 is 11.8 Å². The van der Waals surface area contributed by atoms with Crippen molar-refractivity contribution in [1.82, 2.24) is 10.2 Å². The number of nitrogens with one attached hydrogen (secondary N) is 1. The summed E-state index contributed by atoms with van der Waals surface area (Å²) in [4.78, 5) is 32.3. The van der Waals surface area contributed by atoms with Crippen molar-refractivity contribution < 1.29 is 28.2 Å². The fourth-order valence-electron chi connectivity index (χ4n) is 4.35. The number of carbonyl (C=O) groups excluding carboxylic acids is 2. The van der Waals surface area contributed by atoms with Gasteiger partial charge in [-0.1, -0.05) is 36.9 Å². The van der Waals surface area contributed by atoms with Gasteiger partial charge in [-0.3, -0.25) is 4.79 Å². The number of ether oxygens (including phenoxy) is 3. The lowest BCUT2D eigenvalue weighted by Crippen LogP contribution is -2.38. The van der Waals surface area contributed by atoms with Crippen molar-refractivity contribution in [2.24, 2.45) is 4.99 Å². The van der Waals surface area contributed by atoms with Crippen LogP contribution in [0.15, 0.2) is 69.8 Å². The van der Waals surface area contributed by atoms with Crippen molar-refractivity contribution in [3.8, 4) is 11.5 Å². The molecule has 186 valence electrons. The molecule has 0 spiro atoms. The largest absolute Gasteiger partial charge is 0.466 e. The number of rotatable bonds is 7. The van der Waals surface area contributed by atoms with E-state index in [0.717, 1.165) is 5.56 Å². The third-order valence-corrected chi connectivity index (χ3v) is 6.97. The van der Waals surface area contributed by atoms with Crippen molar-refractivity contribution >= 4 is 28.8 Å². The third-order valence-electron chi connectivity index (χ3n) is 6.08. The average Bonchev–Trinajstić information content (AvgIpc) is 3.53. The lowest BCUT2D eigenvalue weighted by atomic mass is 9.93. The quantitative estimate of drug-likeness (QED) is 0.554. The summed E-state index contributed by atoms with van der Waals surface area (Å²) in [5, 5.41) is 5.46. The predicted octanol–water partition coefficient (Wildman–Crippen LogP) is 4.40. The Morgan fingerprint density at radius 3 is 2.72 bits per heavy atom. The summed E-state index contributed by atoms with van der Waals surface area (Å²) >= 11 is 1.39. The molecule has 0 bridgehead atoms. The Bertz CT molecular complexity index is 1310. The highest BCUT2D eigenvalue weighted by Crippen LogP contribution is 2.45. The van der Waals surface area contributed by atoms with Gasteiger partial charge < -0.3 is 24.4 Å². The Hall–Kier alpha value is -3.79. The molecule has 3 aliphatic heterocycles. The van der Waals surface area contributed by atoms with E-state index in [1.807, 2.05) is 35.4 Å². The zero-order chi connectivity index (χ0) is 25.2. The van der Waals surface area contributed by atoms with Crippen LogP contribution in [0.3, 0.4) is 0 Å². The molecule has 3 aliphatic rings. The molecule has 8 nitrogen and oxygen atoms in total. The summed E-state index contributed by atoms with van der Waals surface area (Å²) in [6, 6.07) is 10.9. The molecule has 10 heteroatoms. The molecule has 2 aromatic carbocycles. The van der Waals surface area contributed by atoms with Crippen molar-refractivity contribution in [3.05, 3.63) is 81.8 Å². The first-order valence-corrected chi connectivity index (χ1v) is 12.3. The fraction of sp³-hybridized carbons (Fsp3) is 0.269. The number of aliphatic imine (C=N–C) groups is 1. The highest BCUT2D eigenvalue weighted by molar-refractivity contribution is 8.16. The predicted molar refractivity (Wildman–Crippen MR) is 132 cm³/mol. The number of carbonyl (C=O) groups is 2. The van der Waals surface area contributed by atoms with Gasteiger partial charge in [-0.25, -0.2) is 14.2 Å². The molecule has 3 heterocycles. The lowest BCUT2D eigenvalue weighted by molar-refractivity contribution is -0.136. The number of allylic oxidation sites excluding steroid dienone is 1. The number of methoxy groups -OCH3 is 1. The zero-order valence-electron chi connectivity index (χ0n) is 19.7. The van der Waals surface area contributed by atoms with Crippen LogP contribution in [0.25, 0.3) is 0 Å². The Kier molecular flexibility index (Phi) is 6.69. The van der Waals surface area contributed by atoms with Crippen molar-refractivity contribution in [2.45, 2.75) is 32.4 Å². The Morgan fingerprint density at radius 1 is 1.19 bits per heavy atom. The van der Waals surface area contributed by atoms with Crippen LogP contribution in [0.4, 0.5) is 4.39 Å². The topological polar surface area (TPSA) is 89.5 Å². The summed E-state index contributed by atoms with van der Waals surface area (Å²) in [5.74, 6) is 0.262. The fourth-order valence-corrected chi connectivity index (χ4v) is 5.29. The number of halogens is 1. The number of hydrogen-bond donors (Lipinski definition) is 1. The summed E-state index contributed by atoms with van der Waals surface area (Å²) < 4.78 is 29.5. The van der Waals surface area contributed by atoms with Crippen LogP contribution in [-0.2, 0) is 20.9 Å². The molecule has 0 saturated heterocycles. The van der Waals surface area contributed by atoms with E-state index in [-0.39, 0.29) is 24.9 Å². The summed E-state index contributed by atoms with van der Waals surface area (Å²) in [6.07, 6.45) is 0.593. The molecule has 36 heavy (non-hydrogen) atoms. The highest BCUT2D eigenvalue weighted by atomic mass is 32.2. The van der Waals surface area contributed by atoms with E-state index in [0.29, 0.717) is 52.2 Å². The minimum atomic E-state index is -0.594. The van der Waals surface area contributed by atoms with Crippen LogP contribution in [0, 0.1) is 5.82 Å². The van der Waals surface area contributed by atoms with E-state index < -0.39 is 12.0 Å². The first kappa shape index (κ1) is 23.9. The van der Waals surface area contributed by atoms with Crippen molar-refractivity contribution in [1.29, 1.82) is 0 Å². The molecule has 0 unspecified atom stereocenters. The Balaban J connectivity index is 1.38. The molecule has 0 aromatic heterocycles. The molecule has 1 atom stereocenters. The molecule has 1 N–H and O–H groups in total. The van der Waals surface area contributed by atoms with Gasteiger partial charge in [-0.2, -0.15) is 0 Å². The monoisotopic (exact) mass is 509 g/mol. The maximum atomic E-state index is 13.7. The van der Waals surface area contributed by atoms with E-state index in [9.17, 15) is 14.0 Å². The highest BCUT2D eigenvalue weighted by Gasteiger charge is 2.41. The lowest BCUT2D eigenvalue weighted by Gasteiger charge is -2.36. The van der Waals surface area contributed by atoms with Gasteiger partial charge in [-0.15, -0.1) is 0 Å².